The van der Waals surface area contributed by atoms with Crippen LogP contribution in [0.4, 0.5) is 21.4 Å². The molecule has 4 aliphatic rings. The van der Waals surface area contributed by atoms with E-state index in [0.717, 1.165) is 82.3 Å². The number of fused-ring (bicyclic) bond motifs is 5. The quantitative estimate of drug-likeness (QED) is 0.234. The summed E-state index contributed by atoms with van der Waals surface area (Å²) in [6, 6.07) is 12.7. The number of benzene rings is 2. The van der Waals surface area contributed by atoms with Gasteiger partial charge in [-0.15, -0.1) is 0 Å². The maximum atomic E-state index is 13.2. The maximum Gasteiger partial charge on any atom is 0.410 e. The Morgan fingerprint density at radius 3 is 2.51 bits per heavy atom. The van der Waals surface area contributed by atoms with Crippen molar-refractivity contribution in [3.05, 3.63) is 36.4 Å². The van der Waals surface area contributed by atoms with Gasteiger partial charge in [0.05, 0.1) is 30.4 Å². The zero-order chi connectivity index (χ0) is 32.3. The number of nitrogens with one attached hydrogen (secondary N) is 1. The lowest BCUT2D eigenvalue weighted by atomic mass is 9.95. The Morgan fingerprint density at radius 2 is 1.79 bits per heavy atom. The Hall–Kier alpha value is -3.90. The van der Waals surface area contributed by atoms with Crippen LogP contribution < -0.4 is 19.7 Å². The normalized spacial score (nSPS) is 22.2. The number of nitrogens with zero attached hydrogens (tertiary/aromatic N) is 6. The summed E-state index contributed by atoms with van der Waals surface area (Å²) in [5, 5.41) is 6.44. The number of hydrogen-bond donors (Lipinski definition) is 1. The third kappa shape index (κ3) is 5.69. The van der Waals surface area contributed by atoms with Gasteiger partial charge in [0.1, 0.15) is 23.5 Å². The van der Waals surface area contributed by atoms with Crippen LogP contribution in [0.15, 0.2) is 36.4 Å². The molecule has 2 atom stereocenters. The van der Waals surface area contributed by atoms with Gasteiger partial charge in [-0.2, -0.15) is 9.97 Å². The minimum absolute atomic E-state index is 0.0433. The van der Waals surface area contributed by atoms with Gasteiger partial charge in [0, 0.05) is 24.5 Å². The molecule has 11 nitrogen and oxygen atoms in total. The number of ether oxygens (including phenoxy) is 3. The van der Waals surface area contributed by atoms with E-state index in [1.54, 1.807) is 7.11 Å². The number of carbonyl (C=O) groups is 1. The smallest absolute Gasteiger partial charge is 0.410 e. The van der Waals surface area contributed by atoms with Crippen LogP contribution in [0.25, 0.3) is 21.1 Å². The summed E-state index contributed by atoms with van der Waals surface area (Å²) < 4.78 is 17.9. The number of anilines is 3. The monoisotopic (exact) mass is 657 g/mol. The van der Waals surface area contributed by atoms with Crippen molar-refractivity contribution in [3.63, 3.8) is 0 Å². The lowest BCUT2D eigenvalue weighted by Crippen LogP contribution is -2.57. The second-order valence-corrected chi connectivity index (χ2v) is 15.4. The van der Waals surface area contributed by atoms with Gasteiger partial charge in [-0.25, -0.2) is 9.78 Å². The molecule has 1 N–H and O–H groups in total. The van der Waals surface area contributed by atoms with Crippen molar-refractivity contribution in [1.82, 2.24) is 24.8 Å². The van der Waals surface area contributed by atoms with Gasteiger partial charge < -0.3 is 24.4 Å². The predicted octanol–water partition coefficient (Wildman–Crippen LogP) is 6.59. The Labute approximate surface area is 279 Å². The lowest BCUT2D eigenvalue weighted by molar-refractivity contribution is 0.0122. The molecule has 4 fully saturated rings. The van der Waals surface area contributed by atoms with Gasteiger partial charge in [-0.3, -0.25) is 9.80 Å². The van der Waals surface area contributed by atoms with E-state index in [2.05, 4.69) is 27.2 Å². The molecule has 0 saturated carbocycles. The number of amides is 1. The number of piperazine rings is 1. The van der Waals surface area contributed by atoms with Gasteiger partial charge in [0.25, 0.3) is 0 Å². The van der Waals surface area contributed by atoms with Crippen molar-refractivity contribution in [2.75, 3.05) is 50.1 Å². The molecule has 2 bridgehead atoms. The van der Waals surface area contributed by atoms with Crippen molar-refractivity contribution < 1.29 is 19.0 Å². The average Bonchev–Trinajstić information content (AvgIpc) is 3.80. The summed E-state index contributed by atoms with van der Waals surface area (Å²) in [6.07, 6.45) is 6.36. The van der Waals surface area contributed by atoms with Crippen LogP contribution in [0.3, 0.4) is 0 Å². The van der Waals surface area contributed by atoms with E-state index in [0.29, 0.717) is 25.7 Å². The van der Waals surface area contributed by atoms with Crippen molar-refractivity contribution >= 4 is 55.2 Å². The van der Waals surface area contributed by atoms with Crippen LogP contribution in [0.1, 0.15) is 59.3 Å². The van der Waals surface area contributed by atoms with Gasteiger partial charge in [-0.05, 0) is 83.8 Å². The molecule has 12 heteroatoms. The van der Waals surface area contributed by atoms with E-state index in [9.17, 15) is 4.79 Å². The number of methoxy groups -OCH3 is 1. The highest BCUT2D eigenvalue weighted by molar-refractivity contribution is 7.22. The second-order valence-electron chi connectivity index (χ2n) is 14.4. The number of aromatic nitrogens is 3. The first kappa shape index (κ1) is 30.4. The zero-order valence-electron chi connectivity index (χ0n) is 27.6. The topological polar surface area (TPSA) is 105 Å². The Morgan fingerprint density at radius 1 is 1.04 bits per heavy atom. The van der Waals surface area contributed by atoms with E-state index < -0.39 is 5.60 Å². The van der Waals surface area contributed by atoms with Crippen LogP contribution in [0.2, 0.25) is 0 Å². The molecule has 1 amide bonds. The zero-order valence-corrected chi connectivity index (χ0v) is 28.4. The third-order valence-electron chi connectivity index (χ3n) is 10.2. The second kappa shape index (κ2) is 11.7. The van der Waals surface area contributed by atoms with Crippen LogP contribution in [0, 0.1) is 0 Å². The molecule has 4 aliphatic heterocycles. The molecule has 6 heterocycles. The molecule has 4 saturated heterocycles. The molecule has 0 aliphatic carbocycles. The minimum Gasteiger partial charge on any atom is -0.497 e. The Bertz CT molecular complexity index is 1800. The molecular weight excluding hydrogens is 614 g/mol. The highest BCUT2D eigenvalue weighted by Gasteiger charge is 2.46. The van der Waals surface area contributed by atoms with Gasteiger partial charge in [-0.1, -0.05) is 35.6 Å². The standard InChI is InChI=1S/C35H43N7O4S/c1-34(2,3)46-33(43)42-23-11-12-24(42)20-40(19-23)29-28-30(39-31(38-29)45-21-35-13-7-15-41(35)16-8-14-35)47-32(37-28)36-27-18-25(44-4)17-22-9-5-6-10-26(22)27/h5-6,9-10,17-18,23-24H,7-8,11-16,19-21H2,1-4H3,(H,36,37). The largest absolute Gasteiger partial charge is 0.497 e. The SMILES string of the molecule is COc1cc(Nc2nc3c(N4CC5CCC(C4)N5C(=O)OC(C)(C)C)nc(OCC45CCCN4CCC5)nc3s2)c2ccccc2c1. The van der Waals surface area contributed by atoms with Crippen molar-refractivity contribution in [2.45, 2.75) is 82.5 Å². The Kier molecular flexibility index (Phi) is 7.55. The number of thiazole rings is 1. The summed E-state index contributed by atoms with van der Waals surface area (Å²) in [4.78, 5) is 35.9. The molecule has 2 aromatic carbocycles. The van der Waals surface area contributed by atoms with Crippen molar-refractivity contribution in [1.29, 1.82) is 0 Å². The first-order chi connectivity index (χ1) is 22.7. The van der Waals surface area contributed by atoms with Crippen LogP contribution in [-0.4, -0.2) is 94.0 Å². The van der Waals surface area contributed by atoms with Crippen LogP contribution in [-0.2, 0) is 4.74 Å². The fourth-order valence-electron chi connectivity index (χ4n) is 8.10. The fourth-order valence-corrected chi connectivity index (χ4v) is 8.93. The number of rotatable bonds is 7. The van der Waals surface area contributed by atoms with Crippen molar-refractivity contribution in [2.24, 2.45) is 0 Å². The predicted molar refractivity (Wildman–Crippen MR) is 184 cm³/mol. The molecule has 47 heavy (non-hydrogen) atoms. The molecule has 248 valence electrons. The fraction of sp³-hybridized carbons (Fsp3) is 0.543. The molecule has 0 radical (unpaired) electrons. The van der Waals surface area contributed by atoms with Gasteiger partial charge >= 0.3 is 12.1 Å². The van der Waals surface area contributed by atoms with E-state index in [1.807, 2.05) is 49.9 Å². The average molecular weight is 658 g/mol. The van der Waals surface area contributed by atoms with E-state index in [-0.39, 0.29) is 23.7 Å². The number of hydrogen-bond acceptors (Lipinski definition) is 11. The maximum absolute atomic E-state index is 13.2. The summed E-state index contributed by atoms with van der Waals surface area (Å²) >= 11 is 1.50. The van der Waals surface area contributed by atoms with E-state index >= 15 is 0 Å². The summed E-state index contributed by atoms with van der Waals surface area (Å²) in [5.41, 5.74) is 1.20. The minimum atomic E-state index is -0.537. The first-order valence-corrected chi connectivity index (χ1v) is 17.7. The summed E-state index contributed by atoms with van der Waals surface area (Å²) in [7, 11) is 1.68. The summed E-state index contributed by atoms with van der Waals surface area (Å²) in [6.45, 7) is 9.93. The molecule has 2 aromatic heterocycles. The van der Waals surface area contributed by atoms with Crippen LogP contribution >= 0.6 is 11.3 Å². The number of carbonyl (C=O) groups excluding carboxylic acids is 1. The van der Waals surface area contributed by atoms with Gasteiger partial charge in [0.2, 0.25) is 0 Å². The lowest BCUT2D eigenvalue weighted by Gasteiger charge is -2.41. The first-order valence-electron chi connectivity index (χ1n) is 16.8. The van der Waals surface area contributed by atoms with E-state index in [1.165, 1.54) is 24.2 Å². The third-order valence-corrected chi connectivity index (χ3v) is 11.1. The molecule has 8 rings (SSSR count). The molecule has 4 aromatic rings. The Balaban J connectivity index is 1.13. The van der Waals surface area contributed by atoms with Gasteiger partial charge in [0.15, 0.2) is 15.8 Å². The molecular formula is C35H43N7O4S. The van der Waals surface area contributed by atoms with Crippen molar-refractivity contribution in [3.8, 4) is 11.8 Å². The molecule has 2 unspecified atom stereocenters. The highest BCUT2D eigenvalue weighted by Crippen LogP contribution is 2.42. The molecule has 0 spiro atoms. The highest BCUT2D eigenvalue weighted by atomic mass is 32.1. The van der Waals surface area contributed by atoms with Crippen LogP contribution in [0.5, 0.6) is 11.8 Å². The van der Waals surface area contributed by atoms with E-state index in [4.69, 9.17) is 29.2 Å². The summed E-state index contributed by atoms with van der Waals surface area (Å²) in [5.74, 6) is 1.53.